The number of aromatic nitrogens is 8. The normalized spacial score (nSPS) is 29.0. The van der Waals surface area contributed by atoms with Crippen LogP contribution in [0.2, 0.25) is 0 Å². The minimum Gasteiger partial charge on any atom is -0.394 e. The average molecular weight is 486 g/mol. The summed E-state index contributed by atoms with van der Waals surface area (Å²) in [6, 6.07) is 0. The molecule has 15 heteroatoms. The lowest BCUT2D eigenvalue weighted by molar-refractivity contribution is -0.0432. The van der Waals surface area contributed by atoms with Crippen molar-refractivity contribution in [3.8, 4) is 5.82 Å². The van der Waals surface area contributed by atoms with Gasteiger partial charge in [0.15, 0.2) is 28.1 Å². The molecule has 0 unspecified atom stereocenters. The monoisotopic (exact) mass is 486 g/mol. The molecule has 35 heavy (non-hydrogen) atoms. The Kier molecular flexibility index (Phi) is 5.32. The van der Waals surface area contributed by atoms with E-state index in [9.17, 15) is 25.2 Å². The van der Waals surface area contributed by atoms with Gasteiger partial charge in [0.1, 0.15) is 37.3 Å². The number of aliphatic hydroxyl groups is 4. The number of hydrogen-bond acceptors (Lipinski definition) is 12. The van der Waals surface area contributed by atoms with Gasteiger partial charge in [-0.3, -0.25) is 13.9 Å². The molecule has 0 aliphatic carbocycles. The predicted molar refractivity (Wildman–Crippen MR) is 115 cm³/mol. The van der Waals surface area contributed by atoms with Gasteiger partial charge in [0.05, 0.1) is 38.1 Å². The van der Waals surface area contributed by atoms with Crippen LogP contribution in [0.5, 0.6) is 0 Å². The van der Waals surface area contributed by atoms with Crippen LogP contribution < -0.4 is 5.56 Å². The predicted octanol–water partition coefficient (Wildman–Crippen LogP) is -2.00. The first kappa shape index (κ1) is 22.1. The number of ether oxygens (including phenoxy) is 2. The molecule has 4 N–H and O–H groups in total. The zero-order valence-electron chi connectivity index (χ0n) is 18.2. The number of nitrogens with zero attached hydrogens (tertiary/aromatic N) is 8. The third-order valence-electron chi connectivity index (χ3n) is 6.44. The van der Waals surface area contributed by atoms with Crippen molar-refractivity contribution in [1.29, 1.82) is 0 Å². The second-order valence-electron chi connectivity index (χ2n) is 8.49. The van der Waals surface area contributed by atoms with Crippen molar-refractivity contribution in [2.45, 2.75) is 49.7 Å². The van der Waals surface area contributed by atoms with Gasteiger partial charge in [0.25, 0.3) is 5.56 Å². The van der Waals surface area contributed by atoms with Crippen molar-refractivity contribution in [1.82, 2.24) is 38.6 Å². The maximum Gasteiger partial charge on any atom is 0.287 e. The summed E-state index contributed by atoms with van der Waals surface area (Å²) in [6.07, 6.45) is 1.62. The van der Waals surface area contributed by atoms with E-state index in [-0.39, 0.29) is 43.0 Å². The summed E-state index contributed by atoms with van der Waals surface area (Å²) in [5.74, 6) is 0.188. The Bertz CT molecular complexity index is 1450. The zero-order valence-corrected chi connectivity index (χ0v) is 18.2. The zero-order chi connectivity index (χ0) is 24.3. The van der Waals surface area contributed by atoms with Gasteiger partial charge in [0, 0.05) is 12.8 Å². The summed E-state index contributed by atoms with van der Waals surface area (Å²) in [6.45, 7) is -0.643. The van der Waals surface area contributed by atoms with E-state index in [1.165, 1.54) is 29.9 Å². The molecule has 0 saturated carbocycles. The summed E-state index contributed by atoms with van der Waals surface area (Å²) < 4.78 is 15.7. The minimum absolute atomic E-state index is 0.0669. The minimum atomic E-state index is -0.843. The van der Waals surface area contributed by atoms with Gasteiger partial charge in [-0.2, -0.15) is 0 Å². The van der Waals surface area contributed by atoms with Crippen LogP contribution in [0.3, 0.4) is 0 Å². The fourth-order valence-corrected chi connectivity index (χ4v) is 4.60. The van der Waals surface area contributed by atoms with E-state index in [4.69, 9.17) is 9.47 Å². The highest BCUT2D eigenvalue weighted by Crippen LogP contribution is 2.32. The van der Waals surface area contributed by atoms with Gasteiger partial charge in [-0.1, -0.05) is 0 Å². The van der Waals surface area contributed by atoms with Gasteiger partial charge in [-0.05, 0) is 0 Å². The molecule has 4 aromatic rings. The Morgan fingerprint density at radius 1 is 0.800 bits per heavy atom. The first-order valence-electron chi connectivity index (χ1n) is 11.0. The van der Waals surface area contributed by atoms with Crippen molar-refractivity contribution in [3.05, 3.63) is 35.7 Å². The number of hydrogen-bond donors (Lipinski definition) is 4. The molecule has 4 aromatic heterocycles. The van der Waals surface area contributed by atoms with Crippen LogP contribution in [0, 0.1) is 0 Å². The maximum absolute atomic E-state index is 13.3. The van der Waals surface area contributed by atoms with E-state index in [0.29, 0.717) is 11.2 Å². The molecule has 184 valence electrons. The van der Waals surface area contributed by atoms with E-state index < -0.39 is 42.4 Å². The molecule has 2 aliphatic rings. The first-order chi connectivity index (χ1) is 17.0. The molecule has 0 bridgehead atoms. The van der Waals surface area contributed by atoms with Crippen LogP contribution in [0.1, 0.15) is 25.3 Å². The molecule has 2 aliphatic heterocycles. The van der Waals surface area contributed by atoms with E-state index in [1.807, 2.05) is 0 Å². The number of imidazole rings is 2. The van der Waals surface area contributed by atoms with Gasteiger partial charge in [0.2, 0.25) is 0 Å². The quantitative estimate of drug-likeness (QED) is 0.243. The number of rotatable bonds is 5. The van der Waals surface area contributed by atoms with Crippen LogP contribution in [-0.2, 0) is 9.47 Å². The van der Waals surface area contributed by atoms with Crippen LogP contribution in [0.15, 0.2) is 30.1 Å². The van der Waals surface area contributed by atoms with Crippen molar-refractivity contribution in [3.63, 3.8) is 0 Å². The smallest absolute Gasteiger partial charge is 0.287 e. The van der Waals surface area contributed by atoms with Gasteiger partial charge in [-0.15, -0.1) is 0 Å². The Hall–Kier alpha value is -3.34. The second kappa shape index (κ2) is 8.40. The van der Waals surface area contributed by atoms with Crippen molar-refractivity contribution in [2.24, 2.45) is 0 Å². The SMILES string of the molecule is O=c1c2ncn([C@H]3C[C@H](O)[C@@H](CO)O3)c2ncn1-c1ncnc2c1ncn2[C@H]1C[C@H](O)[C@@H](CO)O1. The van der Waals surface area contributed by atoms with Crippen molar-refractivity contribution >= 4 is 22.3 Å². The van der Waals surface area contributed by atoms with Gasteiger partial charge < -0.3 is 29.9 Å². The lowest BCUT2D eigenvalue weighted by Crippen LogP contribution is -2.24. The molecule has 6 heterocycles. The molecule has 0 aromatic carbocycles. The highest BCUT2D eigenvalue weighted by molar-refractivity contribution is 5.79. The van der Waals surface area contributed by atoms with E-state index in [1.54, 1.807) is 9.13 Å². The largest absolute Gasteiger partial charge is 0.394 e. The summed E-state index contributed by atoms with van der Waals surface area (Å²) in [7, 11) is 0. The number of fused-ring (bicyclic) bond motifs is 2. The van der Waals surface area contributed by atoms with E-state index >= 15 is 0 Å². The average Bonchev–Trinajstić information content (AvgIpc) is 3.63. The molecule has 6 rings (SSSR count). The van der Waals surface area contributed by atoms with Gasteiger partial charge in [-0.25, -0.2) is 29.5 Å². The molecule has 2 saturated heterocycles. The highest BCUT2D eigenvalue weighted by atomic mass is 16.5. The third-order valence-corrected chi connectivity index (χ3v) is 6.44. The van der Waals surface area contributed by atoms with Crippen LogP contribution >= 0.6 is 0 Å². The van der Waals surface area contributed by atoms with E-state index in [2.05, 4.69) is 24.9 Å². The summed E-state index contributed by atoms with van der Waals surface area (Å²) in [5.41, 5.74) is 0.535. The molecule has 2 fully saturated rings. The summed E-state index contributed by atoms with van der Waals surface area (Å²) in [4.78, 5) is 34.8. The van der Waals surface area contributed by atoms with Crippen LogP contribution in [0.4, 0.5) is 0 Å². The Morgan fingerprint density at radius 2 is 1.37 bits per heavy atom. The molecule has 0 radical (unpaired) electrons. The fourth-order valence-electron chi connectivity index (χ4n) is 4.60. The molecule has 6 atom stereocenters. The van der Waals surface area contributed by atoms with Crippen LogP contribution in [0.25, 0.3) is 28.1 Å². The highest BCUT2D eigenvalue weighted by Gasteiger charge is 2.36. The fraction of sp³-hybridized carbons (Fsp3) is 0.500. The Balaban J connectivity index is 1.38. The molecule has 0 amide bonds. The Morgan fingerprint density at radius 3 is 1.94 bits per heavy atom. The summed E-state index contributed by atoms with van der Waals surface area (Å²) >= 11 is 0. The third kappa shape index (κ3) is 3.43. The molecular weight excluding hydrogens is 464 g/mol. The summed E-state index contributed by atoms with van der Waals surface area (Å²) in [5, 5.41) is 38.8. The lowest BCUT2D eigenvalue weighted by atomic mass is 10.2. The van der Waals surface area contributed by atoms with Crippen molar-refractivity contribution < 1.29 is 29.9 Å². The van der Waals surface area contributed by atoms with Crippen molar-refractivity contribution in [2.75, 3.05) is 13.2 Å². The number of aliphatic hydroxyl groups excluding tert-OH is 4. The second-order valence-corrected chi connectivity index (χ2v) is 8.49. The molecule has 0 spiro atoms. The first-order valence-corrected chi connectivity index (χ1v) is 11.0. The lowest BCUT2D eigenvalue weighted by Gasteiger charge is -2.14. The Labute approximate surface area is 195 Å². The van der Waals surface area contributed by atoms with Gasteiger partial charge >= 0.3 is 0 Å². The standard InChI is InChI=1S/C20H22N8O7/c29-3-11-9(31)1-13(34-11)26-6-23-15-17(26)21-5-22-18(15)28-8-25-19-16(20(28)33)24-7-27(19)14-2-10(32)12(4-30)35-14/h5-14,29-32H,1-4H2/t9-,10-,11+,12+,13+,14+/m0/s1. The maximum atomic E-state index is 13.3. The topological polar surface area (TPSA) is 196 Å². The van der Waals surface area contributed by atoms with E-state index in [0.717, 1.165) is 0 Å². The molecular formula is C20H22N8O7. The van der Waals surface area contributed by atoms with Crippen LogP contribution in [-0.4, -0.2) is 96.7 Å². The molecule has 15 nitrogen and oxygen atoms in total.